The summed E-state index contributed by atoms with van der Waals surface area (Å²) in [7, 11) is 0.972. The van der Waals surface area contributed by atoms with Crippen LogP contribution in [0.5, 0.6) is 0 Å². The predicted molar refractivity (Wildman–Crippen MR) is 238 cm³/mol. The molecule has 10 atom stereocenters. The first-order valence-corrected chi connectivity index (χ1v) is 21.8. The zero-order valence-corrected chi connectivity index (χ0v) is 38.8. The number of carbonyl (C=O) groups is 7. The Kier molecular flexibility index (Phi) is 17.7. The van der Waals surface area contributed by atoms with Gasteiger partial charge in [-0.1, -0.05) is 108 Å². The van der Waals surface area contributed by atoms with Crippen molar-refractivity contribution < 1.29 is 85.7 Å². The lowest BCUT2D eigenvalue weighted by molar-refractivity contribution is -0.348. The van der Waals surface area contributed by atoms with Crippen LogP contribution in [0.4, 0.5) is 0 Å². The third kappa shape index (κ3) is 13.6. The molecule has 0 saturated carbocycles. The van der Waals surface area contributed by atoms with E-state index in [9.17, 15) is 33.6 Å². The van der Waals surface area contributed by atoms with Gasteiger partial charge in [0.25, 0.3) is 3.79 Å². The summed E-state index contributed by atoms with van der Waals surface area (Å²) in [6, 6.07) is 29.7. The monoisotopic (exact) mass is 1010 g/mol. The maximum Gasteiger partial charge on any atom is 0.339 e. The van der Waals surface area contributed by atoms with Crippen molar-refractivity contribution >= 4 is 82.5 Å². The van der Waals surface area contributed by atoms with Crippen LogP contribution < -0.4 is 0 Å². The zero-order chi connectivity index (χ0) is 49.8. The van der Waals surface area contributed by atoms with E-state index in [1.165, 1.54) is 97.1 Å². The van der Waals surface area contributed by atoms with Crippen molar-refractivity contribution in [2.24, 2.45) is 0 Å². The lowest BCUT2D eigenvalue weighted by atomic mass is 9.95. The van der Waals surface area contributed by atoms with Crippen molar-refractivity contribution in [1.29, 1.82) is 5.41 Å². The van der Waals surface area contributed by atoms with Crippen LogP contribution in [0.25, 0.3) is 0 Å². The van der Waals surface area contributed by atoms with Gasteiger partial charge in [0.2, 0.25) is 18.5 Å². The van der Waals surface area contributed by atoms with Gasteiger partial charge < -0.3 is 52.1 Å². The van der Waals surface area contributed by atoms with Gasteiger partial charge in [-0.2, -0.15) is 0 Å². The molecule has 0 radical (unpaired) electrons. The summed E-state index contributed by atoms with van der Waals surface area (Å²) >= 11 is 18.0. The Balaban J connectivity index is 1.55. The lowest BCUT2D eigenvalue weighted by Gasteiger charge is -2.48. The van der Waals surface area contributed by atoms with Crippen LogP contribution in [0.3, 0.4) is 0 Å². The van der Waals surface area contributed by atoms with Gasteiger partial charge in [0.1, 0.15) is 18.8 Å². The molecule has 4 aromatic carbocycles. The molecule has 19 nitrogen and oxygen atoms in total. The van der Waals surface area contributed by atoms with Crippen molar-refractivity contribution in [2.75, 3.05) is 13.7 Å². The van der Waals surface area contributed by atoms with Crippen LogP contribution >= 0.6 is 34.8 Å². The Morgan fingerprint density at radius 3 is 1.30 bits per heavy atom. The number of hydrogen-bond acceptors (Lipinski definition) is 19. The molecule has 0 unspecified atom stereocenters. The highest BCUT2D eigenvalue weighted by molar-refractivity contribution is 6.76. The molecule has 69 heavy (non-hydrogen) atoms. The first-order valence-electron chi connectivity index (χ1n) is 20.7. The fourth-order valence-corrected chi connectivity index (χ4v) is 7.07. The van der Waals surface area contributed by atoms with E-state index >= 15 is 0 Å². The molecule has 0 bridgehead atoms. The van der Waals surface area contributed by atoms with Gasteiger partial charge in [-0.05, 0) is 48.5 Å². The normalized spacial score (nSPS) is 24.3. The van der Waals surface area contributed by atoms with Crippen molar-refractivity contribution in [3.8, 4) is 0 Å². The number of nitrogens with one attached hydrogen (secondary N) is 1. The highest BCUT2D eigenvalue weighted by Gasteiger charge is 2.60. The second kappa shape index (κ2) is 23.6. The summed E-state index contributed by atoms with van der Waals surface area (Å²) in [6.45, 7) is 1.32. The van der Waals surface area contributed by atoms with Crippen LogP contribution in [0.2, 0.25) is 0 Å². The average Bonchev–Trinajstić information content (AvgIpc) is 3.34. The van der Waals surface area contributed by atoms with E-state index in [4.69, 9.17) is 92.3 Å². The average molecular weight is 1020 g/mol. The minimum atomic E-state index is -2.56. The van der Waals surface area contributed by atoms with Gasteiger partial charge in [-0.15, -0.1) is 0 Å². The first kappa shape index (κ1) is 51.8. The van der Waals surface area contributed by atoms with Crippen LogP contribution in [0, 0.1) is 5.41 Å². The van der Waals surface area contributed by atoms with Crippen molar-refractivity contribution in [3.63, 3.8) is 0 Å². The molecule has 1 N–H and O–H groups in total. The Bertz CT molecular complexity index is 2460. The molecular formula is C47H42Cl3NO18. The first-order chi connectivity index (χ1) is 32.9. The molecule has 0 aromatic heterocycles. The molecule has 4 aromatic rings. The molecule has 0 spiro atoms. The standard InChI is InChI=1S/C47H42Cl3NO18/c1-25(52)60-24-31-32(61-26(2)53)33(37(44(62-31)69-46(51)47(48,49)50)65-41(56)29-20-12-6-13-21-29)67-45-38(66-42(57)30-22-14-7-15-23-30)35(64-40(55)28-18-10-5-11-19-28)34(36(68-45)43(58)59-3)63-39(54)27-16-8-4-9-17-27/h4-23,31-38,44-45,51H,24H2,1-3H3/t31-,32+,33+,34+,35+,36+,37-,38-,44-,45-/m1/s1. The highest BCUT2D eigenvalue weighted by atomic mass is 35.6. The second-order valence-corrected chi connectivity index (χ2v) is 17.1. The molecule has 22 heteroatoms. The molecule has 2 saturated heterocycles. The van der Waals surface area contributed by atoms with Gasteiger partial charge in [-0.25, -0.2) is 24.0 Å². The molecule has 2 aliphatic rings. The summed E-state index contributed by atoms with van der Waals surface area (Å²) < 4.78 is 62.0. The zero-order valence-electron chi connectivity index (χ0n) is 36.5. The third-order valence-electron chi connectivity index (χ3n) is 10.1. The molecular weight excluding hydrogens is 973 g/mol. The molecule has 364 valence electrons. The minimum absolute atomic E-state index is 0.0229. The summed E-state index contributed by atoms with van der Waals surface area (Å²) in [6.07, 6.45) is -20.0. The fraction of sp³-hybridized carbons (Fsp3) is 0.319. The Labute approximate surface area is 408 Å². The van der Waals surface area contributed by atoms with Crippen molar-refractivity contribution in [1.82, 2.24) is 0 Å². The predicted octanol–water partition coefficient (Wildman–Crippen LogP) is 5.76. The second-order valence-electron chi connectivity index (χ2n) is 14.9. The van der Waals surface area contributed by atoms with E-state index in [2.05, 4.69) is 0 Å². The van der Waals surface area contributed by atoms with E-state index in [0.717, 1.165) is 21.0 Å². The van der Waals surface area contributed by atoms with Gasteiger partial charge in [-0.3, -0.25) is 15.0 Å². The van der Waals surface area contributed by atoms with Gasteiger partial charge in [0.15, 0.2) is 36.6 Å². The van der Waals surface area contributed by atoms with Crippen LogP contribution in [0.15, 0.2) is 121 Å². The lowest BCUT2D eigenvalue weighted by Crippen LogP contribution is -2.68. The van der Waals surface area contributed by atoms with Crippen LogP contribution in [-0.4, -0.2) is 127 Å². The summed E-state index contributed by atoms with van der Waals surface area (Å²) in [5.41, 5.74) is -0.182. The Morgan fingerprint density at radius 2 is 0.913 bits per heavy atom. The highest BCUT2D eigenvalue weighted by Crippen LogP contribution is 2.38. The summed E-state index contributed by atoms with van der Waals surface area (Å²) in [4.78, 5) is 95.1. The van der Waals surface area contributed by atoms with Crippen molar-refractivity contribution in [2.45, 2.75) is 79.1 Å². The quantitative estimate of drug-likeness (QED) is 0.0489. The maximum absolute atomic E-state index is 14.2. The number of alkyl halides is 3. The number of methoxy groups -OCH3 is 1. The Hall–Kier alpha value is -6.61. The molecule has 2 fully saturated rings. The summed E-state index contributed by atoms with van der Waals surface area (Å²) in [5.74, 6) is -8.47. The van der Waals surface area contributed by atoms with E-state index in [0.29, 0.717) is 0 Å². The maximum atomic E-state index is 14.2. The van der Waals surface area contributed by atoms with Gasteiger partial charge >= 0.3 is 41.8 Å². The number of ether oxygens (including phenoxy) is 11. The molecule has 6 rings (SSSR count). The van der Waals surface area contributed by atoms with Crippen LogP contribution in [0.1, 0.15) is 55.3 Å². The van der Waals surface area contributed by atoms with E-state index < -0.39 is 119 Å². The number of benzene rings is 4. The molecule has 2 aliphatic heterocycles. The van der Waals surface area contributed by atoms with E-state index in [1.807, 2.05) is 0 Å². The Morgan fingerprint density at radius 1 is 0.507 bits per heavy atom. The molecule has 2 heterocycles. The number of hydrogen-bond donors (Lipinski definition) is 1. The smallest absolute Gasteiger partial charge is 0.339 e. The van der Waals surface area contributed by atoms with E-state index in [-0.39, 0.29) is 22.3 Å². The fourth-order valence-electron chi connectivity index (χ4n) is 6.94. The topological polar surface area (TPSA) is 245 Å². The molecule has 0 amide bonds. The third-order valence-corrected chi connectivity index (χ3v) is 10.6. The largest absolute Gasteiger partial charge is 0.467 e. The summed E-state index contributed by atoms with van der Waals surface area (Å²) in [5, 5.41) is 8.45. The number of rotatable bonds is 15. The SMILES string of the molecule is COC(=O)[C@H]1O[C@@H](O[C@H]2[C@@H](OC(C)=O)[C@@H](COC(C)=O)O[C@H](OC(=N)C(Cl)(Cl)Cl)[C@@H]2OC(=O)c2ccccc2)[C@H](OC(=O)c2ccccc2)[C@@H](OC(=O)c2ccccc2)[C@@H]1OC(=O)c1ccccc1. The van der Waals surface area contributed by atoms with Crippen molar-refractivity contribution in [3.05, 3.63) is 144 Å². The number of esters is 7. The van der Waals surface area contributed by atoms with Gasteiger partial charge in [0, 0.05) is 13.8 Å². The van der Waals surface area contributed by atoms with E-state index in [1.54, 1.807) is 24.3 Å². The number of halogens is 3. The molecule has 0 aliphatic carbocycles. The minimum Gasteiger partial charge on any atom is -0.467 e. The number of carbonyl (C=O) groups excluding carboxylic acids is 7. The van der Waals surface area contributed by atoms with Crippen LogP contribution in [-0.2, 0) is 66.5 Å². The van der Waals surface area contributed by atoms with Gasteiger partial charge in [0.05, 0.1) is 29.4 Å².